The highest BCUT2D eigenvalue weighted by Crippen LogP contribution is 2.34. The van der Waals surface area contributed by atoms with Crippen LogP contribution in [0.15, 0.2) is 78.8 Å². The van der Waals surface area contributed by atoms with Gasteiger partial charge in [-0.15, -0.1) is 0 Å². The van der Waals surface area contributed by atoms with Gasteiger partial charge >= 0.3 is 5.97 Å². The Morgan fingerprint density at radius 1 is 1.07 bits per heavy atom. The van der Waals surface area contributed by atoms with Gasteiger partial charge in [-0.1, -0.05) is 36.4 Å². The molecule has 6 heteroatoms. The lowest BCUT2D eigenvalue weighted by Crippen LogP contribution is -2.14. The van der Waals surface area contributed by atoms with Gasteiger partial charge in [0.05, 0.1) is 5.56 Å². The average molecular weight is 387 g/mol. The van der Waals surface area contributed by atoms with Gasteiger partial charge in [-0.25, -0.2) is 4.79 Å². The van der Waals surface area contributed by atoms with Gasteiger partial charge in [-0.2, -0.15) is 0 Å². The molecular formula is C23H17NO5. The number of carbonyl (C=O) groups excluding carboxylic acids is 2. The van der Waals surface area contributed by atoms with Gasteiger partial charge in [0.2, 0.25) is 5.78 Å². The van der Waals surface area contributed by atoms with E-state index in [0.29, 0.717) is 17.1 Å². The zero-order valence-corrected chi connectivity index (χ0v) is 15.4. The van der Waals surface area contributed by atoms with E-state index in [-0.39, 0.29) is 24.8 Å². The van der Waals surface area contributed by atoms with Gasteiger partial charge in [-0.3, -0.25) is 9.78 Å². The third-order valence-corrected chi connectivity index (χ3v) is 4.22. The highest BCUT2D eigenvalue weighted by atomic mass is 16.6. The third kappa shape index (κ3) is 4.50. The Morgan fingerprint density at radius 2 is 1.93 bits per heavy atom. The lowest BCUT2D eigenvalue weighted by atomic mass is 10.1. The number of hydrogen-bond donors (Lipinski definition) is 0. The Balaban J connectivity index is 1.36. The maximum Gasteiger partial charge on any atom is 0.344 e. The fraction of sp³-hybridized carbons (Fsp3) is 0.0870. The van der Waals surface area contributed by atoms with Crippen LogP contribution in [-0.2, 0) is 16.1 Å². The Labute approximate surface area is 167 Å². The fourth-order valence-corrected chi connectivity index (χ4v) is 2.79. The first-order valence-electron chi connectivity index (χ1n) is 9.00. The van der Waals surface area contributed by atoms with Crippen LogP contribution in [0.25, 0.3) is 6.08 Å². The number of nitrogens with zero attached hydrogens (tertiary/aromatic N) is 1. The summed E-state index contributed by atoms with van der Waals surface area (Å²) in [6.45, 7) is -0.0503. The van der Waals surface area contributed by atoms with Crippen LogP contribution < -0.4 is 9.47 Å². The van der Waals surface area contributed by atoms with E-state index in [1.54, 1.807) is 42.7 Å². The van der Waals surface area contributed by atoms with Crippen molar-refractivity contribution in [2.45, 2.75) is 6.61 Å². The molecule has 0 radical (unpaired) electrons. The van der Waals surface area contributed by atoms with E-state index in [2.05, 4.69) is 4.98 Å². The number of fused-ring (bicyclic) bond motifs is 1. The SMILES string of the molecule is O=C(COc1ccc2c(c1)OC(=Cc1cccnc1)C2=O)OCc1ccccc1. The standard InChI is InChI=1S/C23H17NO5/c25-22(28-14-16-5-2-1-3-6-16)15-27-18-8-9-19-20(12-18)29-21(23(19)26)11-17-7-4-10-24-13-17/h1-13H,14-15H2. The van der Waals surface area contributed by atoms with Gasteiger partial charge in [0.1, 0.15) is 18.1 Å². The minimum absolute atomic E-state index is 0.188. The molecule has 29 heavy (non-hydrogen) atoms. The molecule has 1 aliphatic heterocycles. The van der Waals surface area contributed by atoms with Crippen molar-refractivity contribution in [3.05, 3.63) is 95.5 Å². The highest BCUT2D eigenvalue weighted by Gasteiger charge is 2.27. The largest absolute Gasteiger partial charge is 0.482 e. The van der Waals surface area contributed by atoms with Crippen molar-refractivity contribution in [3.63, 3.8) is 0 Å². The van der Waals surface area contributed by atoms with Gasteiger partial charge in [0.25, 0.3) is 0 Å². The first kappa shape index (κ1) is 18.4. The first-order valence-corrected chi connectivity index (χ1v) is 9.00. The highest BCUT2D eigenvalue weighted by molar-refractivity contribution is 6.14. The number of Topliss-reactive ketones (excluding diaryl/α,β-unsaturated/α-hetero) is 1. The minimum atomic E-state index is -0.483. The lowest BCUT2D eigenvalue weighted by molar-refractivity contribution is -0.147. The topological polar surface area (TPSA) is 74.7 Å². The second kappa shape index (κ2) is 8.39. The Morgan fingerprint density at radius 3 is 2.72 bits per heavy atom. The normalized spacial score (nSPS) is 13.7. The summed E-state index contributed by atoms with van der Waals surface area (Å²) in [6.07, 6.45) is 4.93. The smallest absolute Gasteiger partial charge is 0.344 e. The number of benzene rings is 2. The van der Waals surface area contributed by atoms with E-state index >= 15 is 0 Å². The number of ether oxygens (including phenoxy) is 3. The Kier molecular flexibility index (Phi) is 5.33. The Bertz CT molecular complexity index is 1060. The van der Waals surface area contributed by atoms with Gasteiger partial charge < -0.3 is 14.2 Å². The molecule has 4 rings (SSSR count). The van der Waals surface area contributed by atoms with Crippen molar-refractivity contribution in [3.8, 4) is 11.5 Å². The molecular weight excluding hydrogens is 370 g/mol. The predicted molar refractivity (Wildman–Crippen MR) is 105 cm³/mol. The molecule has 6 nitrogen and oxygen atoms in total. The number of esters is 1. The molecule has 0 spiro atoms. The molecule has 2 aromatic carbocycles. The van der Waals surface area contributed by atoms with Crippen molar-refractivity contribution in [2.75, 3.05) is 6.61 Å². The van der Waals surface area contributed by atoms with Crippen LogP contribution in [0, 0.1) is 0 Å². The number of allylic oxidation sites excluding steroid dienone is 1. The predicted octanol–water partition coefficient (Wildman–Crippen LogP) is 3.82. The molecule has 0 amide bonds. The maximum atomic E-state index is 12.5. The first-order chi connectivity index (χ1) is 14.2. The molecule has 1 aliphatic rings. The molecule has 2 heterocycles. The molecule has 0 fully saturated rings. The Hall–Kier alpha value is -3.93. The van der Waals surface area contributed by atoms with Crippen molar-refractivity contribution in [1.29, 1.82) is 0 Å². The van der Waals surface area contributed by atoms with E-state index in [1.165, 1.54) is 0 Å². The molecule has 0 saturated heterocycles. The third-order valence-electron chi connectivity index (χ3n) is 4.22. The lowest BCUT2D eigenvalue weighted by Gasteiger charge is -2.08. The van der Waals surface area contributed by atoms with E-state index in [4.69, 9.17) is 14.2 Å². The second-order valence-electron chi connectivity index (χ2n) is 6.32. The molecule has 0 aliphatic carbocycles. The van der Waals surface area contributed by atoms with E-state index in [9.17, 15) is 9.59 Å². The van der Waals surface area contributed by atoms with Crippen LogP contribution in [0.5, 0.6) is 11.5 Å². The monoisotopic (exact) mass is 387 g/mol. The zero-order valence-electron chi connectivity index (χ0n) is 15.4. The van der Waals surface area contributed by atoms with Crippen LogP contribution in [0.1, 0.15) is 21.5 Å². The molecule has 0 saturated carbocycles. The minimum Gasteiger partial charge on any atom is -0.482 e. The molecule has 0 N–H and O–H groups in total. The number of ketones is 1. The van der Waals surface area contributed by atoms with Crippen LogP contribution in [0.2, 0.25) is 0 Å². The number of carbonyl (C=O) groups is 2. The fourth-order valence-electron chi connectivity index (χ4n) is 2.79. The van der Waals surface area contributed by atoms with Crippen LogP contribution in [0.3, 0.4) is 0 Å². The maximum absolute atomic E-state index is 12.5. The molecule has 0 bridgehead atoms. The average Bonchev–Trinajstić information content (AvgIpc) is 3.07. The van der Waals surface area contributed by atoms with Crippen LogP contribution in [0.4, 0.5) is 0 Å². The van der Waals surface area contributed by atoms with E-state index in [1.807, 2.05) is 36.4 Å². The van der Waals surface area contributed by atoms with Gasteiger partial charge in [-0.05, 0) is 35.4 Å². The summed E-state index contributed by atoms with van der Waals surface area (Å²) < 4.78 is 16.3. The summed E-state index contributed by atoms with van der Waals surface area (Å²) in [4.78, 5) is 28.4. The summed E-state index contributed by atoms with van der Waals surface area (Å²) >= 11 is 0. The van der Waals surface area contributed by atoms with Gasteiger partial charge in [0.15, 0.2) is 12.4 Å². The quantitative estimate of drug-likeness (QED) is 0.473. The summed E-state index contributed by atoms with van der Waals surface area (Å²) in [7, 11) is 0. The summed E-state index contributed by atoms with van der Waals surface area (Å²) in [5.74, 6) is 0.324. The molecule has 1 aromatic heterocycles. The summed E-state index contributed by atoms with van der Waals surface area (Å²) in [5, 5.41) is 0. The number of rotatable bonds is 6. The van der Waals surface area contributed by atoms with E-state index < -0.39 is 5.97 Å². The number of hydrogen-bond acceptors (Lipinski definition) is 6. The number of pyridine rings is 1. The van der Waals surface area contributed by atoms with E-state index in [0.717, 1.165) is 11.1 Å². The van der Waals surface area contributed by atoms with Crippen molar-refractivity contribution < 1.29 is 23.8 Å². The van der Waals surface area contributed by atoms with Gasteiger partial charge in [0, 0.05) is 18.5 Å². The number of aromatic nitrogens is 1. The second-order valence-corrected chi connectivity index (χ2v) is 6.32. The van der Waals surface area contributed by atoms with Crippen molar-refractivity contribution >= 4 is 17.8 Å². The van der Waals surface area contributed by atoms with Crippen LogP contribution in [-0.4, -0.2) is 23.3 Å². The molecule has 144 valence electrons. The van der Waals surface area contributed by atoms with Crippen LogP contribution >= 0.6 is 0 Å². The zero-order chi connectivity index (χ0) is 20.1. The molecule has 0 unspecified atom stereocenters. The summed E-state index contributed by atoms with van der Waals surface area (Å²) in [6, 6.07) is 17.8. The van der Waals surface area contributed by atoms with Crippen molar-refractivity contribution in [1.82, 2.24) is 4.98 Å². The molecule has 0 atom stereocenters. The summed E-state index contributed by atoms with van der Waals surface area (Å²) in [5.41, 5.74) is 2.11. The van der Waals surface area contributed by atoms with Crippen molar-refractivity contribution in [2.24, 2.45) is 0 Å². The molecule has 3 aromatic rings.